The molecular weight excluding hydrogens is 473 g/mol. The molecule has 33 heavy (non-hydrogen) atoms. The van der Waals surface area contributed by atoms with Gasteiger partial charge >= 0.3 is 0 Å². The molecule has 5 nitrogen and oxygen atoms in total. The van der Waals surface area contributed by atoms with Gasteiger partial charge in [-0.05, 0) is 81.7 Å². The summed E-state index contributed by atoms with van der Waals surface area (Å²) in [5, 5.41) is 4.50. The fraction of sp³-hybridized carbons (Fsp3) is 0.320. The molecule has 0 unspecified atom stereocenters. The summed E-state index contributed by atoms with van der Waals surface area (Å²) in [5.41, 5.74) is 3.24. The molecule has 0 atom stereocenters. The van der Waals surface area contributed by atoms with Gasteiger partial charge < -0.3 is 10.2 Å². The van der Waals surface area contributed by atoms with E-state index in [0.29, 0.717) is 10.0 Å². The van der Waals surface area contributed by atoms with Gasteiger partial charge in [0.25, 0.3) is 0 Å². The van der Waals surface area contributed by atoms with Gasteiger partial charge in [-0.3, -0.25) is 4.98 Å². The quantitative estimate of drug-likeness (QED) is 0.265. The first-order valence-corrected chi connectivity index (χ1v) is 12.9. The first kappa shape index (κ1) is 22.5. The van der Waals surface area contributed by atoms with E-state index in [1.807, 2.05) is 24.4 Å². The molecule has 3 aromatic heterocycles. The fourth-order valence-electron chi connectivity index (χ4n) is 4.13. The number of aromatic nitrogens is 3. The van der Waals surface area contributed by atoms with Gasteiger partial charge in [0.15, 0.2) is 5.82 Å². The van der Waals surface area contributed by atoms with Crippen molar-refractivity contribution in [2.24, 2.45) is 0 Å². The van der Waals surface area contributed by atoms with Crippen LogP contribution in [0.25, 0.3) is 32.2 Å². The van der Waals surface area contributed by atoms with Crippen molar-refractivity contribution >= 4 is 51.4 Å². The normalized spacial score (nSPS) is 14.2. The van der Waals surface area contributed by atoms with Gasteiger partial charge in [-0.1, -0.05) is 29.3 Å². The van der Waals surface area contributed by atoms with Gasteiger partial charge in [0.1, 0.15) is 5.69 Å². The van der Waals surface area contributed by atoms with E-state index in [1.54, 1.807) is 23.5 Å². The molecule has 1 fully saturated rings. The summed E-state index contributed by atoms with van der Waals surface area (Å²) in [6, 6.07) is 13.7. The second-order valence-electron chi connectivity index (χ2n) is 8.24. The number of pyridine rings is 1. The van der Waals surface area contributed by atoms with Crippen molar-refractivity contribution in [1.82, 2.24) is 19.9 Å². The number of nitrogens with one attached hydrogen (secondary N) is 1. The van der Waals surface area contributed by atoms with Crippen LogP contribution in [0.3, 0.4) is 0 Å². The first-order valence-electron chi connectivity index (χ1n) is 11.3. The van der Waals surface area contributed by atoms with E-state index in [1.165, 1.54) is 38.9 Å². The molecule has 0 amide bonds. The Balaban J connectivity index is 1.40. The Morgan fingerprint density at radius 1 is 0.909 bits per heavy atom. The highest BCUT2D eigenvalue weighted by Gasteiger charge is 2.16. The molecule has 1 saturated heterocycles. The molecule has 0 aliphatic carbocycles. The number of fused-ring (bicyclic) bond motifs is 1. The summed E-state index contributed by atoms with van der Waals surface area (Å²) in [5.74, 6) is 0.775. The number of thiophene rings is 1. The van der Waals surface area contributed by atoms with Crippen molar-refractivity contribution in [2.75, 3.05) is 31.5 Å². The second-order valence-corrected chi connectivity index (χ2v) is 10.1. The van der Waals surface area contributed by atoms with Crippen molar-refractivity contribution < 1.29 is 0 Å². The van der Waals surface area contributed by atoms with Crippen LogP contribution >= 0.6 is 34.5 Å². The number of unbranched alkanes of at least 4 members (excludes halogenated alkanes) is 1. The maximum absolute atomic E-state index is 6.26. The van der Waals surface area contributed by atoms with Crippen LogP contribution in [-0.4, -0.2) is 46.0 Å². The van der Waals surface area contributed by atoms with Gasteiger partial charge in [0.2, 0.25) is 0 Å². The number of hydrogen-bond acceptors (Lipinski definition) is 6. The third kappa shape index (κ3) is 5.30. The van der Waals surface area contributed by atoms with Crippen molar-refractivity contribution in [3.8, 4) is 21.1 Å². The minimum atomic E-state index is 0.479. The zero-order valence-corrected chi connectivity index (χ0v) is 20.6. The lowest BCUT2D eigenvalue weighted by Crippen LogP contribution is -2.21. The number of benzene rings is 1. The first-order chi connectivity index (χ1) is 16.2. The van der Waals surface area contributed by atoms with Crippen LogP contribution < -0.4 is 5.32 Å². The van der Waals surface area contributed by atoms with E-state index < -0.39 is 0 Å². The zero-order chi connectivity index (χ0) is 22.6. The Hall–Kier alpha value is -2.25. The number of anilines is 1. The fourth-order valence-corrected chi connectivity index (χ4v) is 5.42. The Labute approximate surface area is 207 Å². The van der Waals surface area contributed by atoms with Crippen molar-refractivity contribution in [3.63, 3.8) is 0 Å². The number of likely N-dealkylation sites (tertiary alicyclic amines) is 1. The van der Waals surface area contributed by atoms with Crippen LogP contribution in [0.2, 0.25) is 10.0 Å². The molecule has 8 heteroatoms. The van der Waals surface area contributed by atoms with Crippen LogP contribution in [0.15, 0.2) is 48.7 Å². The average molecular weight is 498 g/mol. The van der Waals surface area contributed by atoms with E-state index in [-0.39, 0.29) is 0 Å². The molecule has 4 aromatic rings. The standard InChI is InChI=1S/C25H25Cl2N5S/c26-17-15-20-21(16-18(17)27)31-25(29-11-3-4-12-32-13-5-6-14-32)24(30-20)23-9-8-22(33-23)19-7-1-2-10-28-19/h1-2,7-10,15-16H,3-6,11-14H2,(H,29,31). The molecular formula is C25H25Cl2N5S. The minimum absolute atomic E-state index is 0.479. The van der Waals surface area contributed by atoms with Crippen molar-refractivity contribution in [2.45, 2.75) is 25.7 Å². The van der Waals surface area contributed by atoms with Crippen molar-refractivity contribution in [1.29, 1.82) is 0 Å². The summed E-state index contributed by atoms with van der Waals surface area (Å²) in [6.07, 6.45) is 6.74. The van der Waals surface area contributed by atoms with Crippen LogP contribution in [0.5, 0.6) is 0 Å². The number of hydrogen-bond donors (Lipinski definition) is 1. The Morgan fingerprint density at radius 2 is 1.67 bits per heavy atom. The predicted molar refractivity (Wildman–Crippen MR) is 139 cm³/mol. The Bertz CT molecular complexity index is 1240. The van der Waals surface area contributed by atoms with E-state index in [0.717, 1.165) is 51.0 Å². The topological polar surface area (TPSA) is 53.9 Å². The molecule has 1 aromatic carbocycles. The predicted octanol–water partition coefficient (Wildman–Crippen LogP) is 7.02. The average Bonchev–Trinajstić information content (AvgIpc) is 3.52. The summed E-state index contributed by atoms with van der Waals surface area (Å²) in [7, 11) is 0. The van der Waals surface area contributed by atoms with Gasteiger partial charge in [-0.25, -0.2) is 9.97 Å². The summed E-state index contributed by atoms with van der Waals surface area (Å²) in [6.45, 7) is 4.51. The van der Waals surface area contributed by atoms with Crippen molar-refractivity contribution in [3.05, 3.63) is 58.7 Å². The highest BCUT2D eigenvalue weighted by molar-refractivity contribution is 7.18. The molecule has 0 spiro atoms. The van der Waals surface area contributed by atoms with Gasteiger partial charge in [0, 0.05) is 12.7 Å². The van der Waals surface area contributed by atoms with Crippen LogP contribution in [0.4, 0.5) is 5.82 Å². The molecule has 5 rings (SSSR count). The zero-order valence-electron chi connectivity index (χ0n) is 18.2. The summed E-state index contributed by atoms with van der Waals surface area (Å²) in [4.78, 5) is 19.0. The molecule has 1 aliphatic rings. The Morgan fingerprint density at radius 3 is 2.42 bits per heavy atom. The lowest BCUT2D eigenvalue weighted by atomic mass is 10.2. The lowest BCUT2D eigenvalue weighted by molar-refractivity contribution is 0.331. The third-order valence-corrected chi connectivity index (χ3v) is 7.69. The van der Waals surface area contributed by atoms with Gasteiger partial charge in [-0.2, -0.15) is 0 Å². The number of nitrogens with zero attached hydrogens (tertiary/aromatic N) is 4. The molecule has 4 heterocycles. The lowest BCUT2D eigenvalue weighted by Gasteiger charge is -2.15. The maximum atomic E-state index is 6.26. The molecule has 0 radical (unpaired) electrons. The number of halogens is 2. The largest absolute Gasteiger partial charge is 0.368 e. The molecule has 170 valence electrons. The van der Waals surface area contributed by atoms with Crippen LogP contribution in [0, 0.1) is 0 Å². The van der Waals surface area contributed by atoms with E-state index in [2.05, 4.69) is 27.3 Å². The van der Waals surface area contributed by atoms with E-state index in [4.69, 9.17) is 33.2 Å². The Kier molecular flexibility index (Phi) is 7.07. The highest BCUT2D eigenvalue weighted by atomic mass is 35.5. The van der Waals surface area contributed by atoms with Gasteiger partial charge in [0.05, 0.1) is 36.5 Å². The minimum Gasteiger partial charge on any atom is -0.368 e. The smallest absolute Gasteiger partial charge is 0.154 e. The summed E-state index contributed by atoms with van der Waals surface area (Å²) < 4.78 is 0. The molecule has 0 bridgehead atoms. The number of rotatable bonds is 8. The highest BCUT2D eigenvalue weighted by Crippen LogP contribution is 2.37. The SMILES string of the molecule is Clc1cc2nc(NCCCCN3CCCC3)c(-c3ccc(-c4ccccn4)s3)nc2cc1Cl. The van der Waals surface area contributed by atoms with E-state index >= 15 is 0 Å². The maximum Gasteiger partial charge on any atom is 0.154 e. The molecule has 1 N–H and O–H groups in total. The van der Waals surface area contributed by atoms with Crippen LogP contribution in [-0.2, 0) is 0 Å². The van der Waals surface area contributed by atoms with Gasteiger partial charge in [-0.15, -0.1) is 11.3 Å². The molecule has 1 aliphatic heterocycles. The molecule has 0 saturated carbocycles. The monoisotopic (exact) mass is 497 g/mol. The second kappa shape index (κ2) is 10.3. The van der Waals surface area contributed by atoms with E-state index in [9.17, 15) is 0 Å². The summed E-state index contributed by atoms with van der Waals surface area (Å²) >= 11 is 14.2. The van der Waals surface area contributed by atoms with Crippen LogP contribution in [0.1, 0.15) is 25.7 Å². The third-order valence-electron chi connectivity index (χ3n) is 5.86.